The third kappa shape index (κ3) is 2.50. The summed E-state index contributed by atoms with van der Waals surface area (Å²) in [5, 5.41) is 0. The summed E-state index contributed by atoms with van der Waals surface area (Å²) in [5.41, 5.74) is 5.84. The summed E-state index contributed by atoms with van der Waals surface area (Å²) in [5.74, 6) is 2.66. The van der Waals surface area contributed by atoms with Gasteiger partial charge in [0.25, 0.3) is 0 Å². The Morgan fingerprint density at radius 1 is 1.69 bits per heavy atom. The molecule has 3 atom stereocenters. The zero-order valence-corrected chi connectivity index (χ0v) is 11.4. The van der Waals surface area contributed by atoms with E-state index >= 15 is 0 Å². The predicted octanol–water partition coefficient (Wildman–Crippen LogP) is 2.63. The molecular weight excluding hydrogens is 268 g/mol. The summed E-state index contributed by atoms with van der Waals surface area (Å²) < 4.78 is 6.51. The van der Waals surface area contributed by atoms with Crippen LogP contribution in [0.2, 0.25) is 0 Å². The highest BCUT2D eigenvalue weighted by Gasteiger charge is 2.35. The minimum absolute atomic E-state index is 0.178. The smallest absolute Gasteiger partial charge is 0.136 e. The number of rotatable bonds is 5. The van der Waals surface area contributed by atoms with Crippen molar-refractivity contribution in [2.24, 2.45) is 17.6 Å². The van der Waals surface area contributed by atoms with Gasteiger partial charge < -0.3 is 10.2 Å². The van der Waals surface area contributed by atoms with E-state index in [1.807, 2.05) is 6.07 Å². The third-order valence-electron chi connectivity index (χ3n) is 3.50. The average molecular weight is 287 g/mol. The fourth-order valence-electron chi connectivity index (χ4n) is 2.18. The van der Waals surface area contributed by atoms with Crippen molar-refractivity contribution in [1.82, 2.24) is 4.90 Å². The van der Waals surface area contributed by atoms with E-state index in [1.54, 1.807) is 6.26 Å². The van der Waals surface area contributed by atoms with Crippen LogP contribution in [-0.2, 0) is 0 Å². The van der Waals surface area contributed by atoms with E-state index in [9.17, 15) is 0 Å². The molecule has 90 valence electrons. The molecule has 2 rings (SSSR count). The summed E-state index contributed by atoms with van der Waals surface area (Å²) in [6, 6.07) is 2.10. The Bertz CT molecular complexity index is 353. The zero-order chi connectivity index (χ0) is 11.7. The van der Waals surface area contributed by atoms with Crippen molar-refractivity contribution in [2.75, 3.05) is 20.1 Å². The second kappa shape index (κ2) is 4.90. The van der Waals surface area contributed by atoms with Crippen LogP contribution in [0.15, 0.2) is 21.2 Å². The molecule has 0 aromatic carbocycles. The van der Waals surface area contributed by atoms with Crippen molar-refractivity contribution in [2.45, 2.75) is 19.4 Å². The van der Waals surface area contributed by atoms with E-state index in [0.29, 0.717) is 6.54 Å². The quantitative estimate of drug-likeness (QED) is 0.905. The maximum atomic E-state index is 5.84. The first-order chi connectivity index (χ1) is 7.63. The lowest BCUT2D eigenvalue weighted by Crippen LogP contribution is -2.32. The Labute approximate surface area is 105 Å². The van der Waals surface area contributed by atoms with Gasteiger partial charge >= 0.3 is 0 Å². The van der Waals surface area contributed by atoms with Crippen molar-refractivity contribution in [3.63, 3.8) is 0 Å². The lowest BCUT2D eigenvalue weighted by Gasteiger charge is -2.25. The molecule has 1 heterocycles. The van der Waals surface area contributed by atoms with Gasteiger partial charge in [0, 0.05) is 13.1 Å². The molecule has 3 unspecified atom stereocenters. The zero-order valence-electron chi connectivity index (χ0n) is 9.82. The standard InChI is InChI=1S/C12H19BrN2O/c1-8-5-9(8)7-15(2)11(6-14)12-10(13)3-4-16-12/h3-4,8-9,11H,5-7,14H2,1-2H3. The van der Waals surface area contributed by atoms with Gasteiger partial charge in [0.05, 0.1) is 16.8 Å². The molecule has 0 spiro atoms. The van der Waals surface area contributed by atoms with Gasteiger partial charge in [0.1, 0.15) is 5.76 Å². The van der Waals surface area contributed by atoms with Gasteiger partial charge in [-0.2, -0.15) is 0 Å². The van der Waals surface area contributed by atoms with Crippen LogP contribution >= 0.6 is 15.9 Å². The van der Waals surface area contributed by atoms with Crippen molar-refractivity contribution < 1.29 is 4.42 Å². The Morgan fingerprint density at radius 2 is 2.38 bits per heavy atom. The Morgan fingerprint density at radius 3 is 2.81 bits per heavy atom. The van der Waals surface area contributed by atoms with E-state index in [4.69, 9.17) is 10.2 Å². The van der Waals surface area contributed by atoms with Crippen molar-refractivity contribution >= 4 is 15.9 Å². The Balaban J connectivity index is 2.01. The molecule has 4 heteroatoms. The molecule has 0 aliphatic heterocycles. The minimum Gasteiger partial charge on any atom is -0.466 e. The monoisotopic (exact) mass is 286 g/mol. The van der Waals surface area contributed by atoms with E-state index < -0.39 is 0 Å². The fraction of sp³-hybridized carbons (Fsp3) is 0.667. The summed E-state index contributed by atoms with van der Waals surface area (Å²) in [7, 11) is 2.12. The van der Waals surface area contributed by atoms with Gasteiger partial charge in [-0.1, -0.05) is 6.92 Å². The van der Waals surface area contributed by atoms with Crippen LogP contribution in [-0.4, -0.2) is 25.0 Å². The highest BCUT2D eigenvalue weighted by atomic mass is 79.9. The SMILES string of the molecule is CC1CC1CN(C)C(CN)c1occc1Br. The molecular formula is C12H19BrN2O. The summed E-state index contributed by atoms with van der Waals surface area (Å²) in [6.45, 7) is 4.00. The van der Waals surface area contributed by atoms with Crippen LogP contribution in [0.25, 0.3) is 0 Å². The minimum atomic E-state index is 0.178. The maximum absolute atomic E-state index is 5.84. The molecule has 3 nitrogen and oxygen atoms in total. The van der Waals surface area contributed by atoms with E-state index in [0.717, 1.165) is 28.6 Å². The van der Waals surface area contributed by atoms with Crippen molar-refractivity contribution in [3.05, 3.63) is 22.6 Å². The van der Waals surface area contributed by atoms with Gasteiger partial charge in [-0.25, -0.2) is 0 Å². The summed E-state index contributed by atoms with van der Waals surface area (Å²) in [6.07, 6.45) is 3.05. The van der Waals surface area contributed by atoms with Crippen molar-refractivity contribution in [3.8, 4) is 0 Å². The lowest BCUT2D eigenvalue weighted by atomic mass is 10.2. The Hall–Kier alpha value is -0.320. The second-order valence-corrected chi connectivity index (χ2v) is 5.65. The number of nitrogens with two attached hydrogens (primary N) is 1. The molecule has 2 N–H and O–H groups in total. The molecule has 16 heavy (non-hydrogen) atoms. The molecule has 0 bridgehead atoms. The molecule has 0 saturated heterocycles. The van der Waals surface area contributed by atoms with Gasteiger partial charge in [-0.15, -0.1) is 0 Å². The van der Waals surface area contributed by atoms with Crippen LogP contribution in [0.5, 0.6) is 0 Å². The number of furan rings is 1. The molecule has 1 aliphatic rings. The first-order valence-corrected chi connectivity index (χ1v) is 6.56. The fourth-order valence-corrected chi connectivity index (χ4v) is 2.65. The van der Waals surface area contributed by atoms with Crippen LogP contribution in [0.1, 0.15) is 25.1 Å². The van der Waals surface area contributed by atoms with Crippen LogP contribution in [0, 0.1) is 11.8 Å². The molecule has 1 aromatic heterocycles. The Kier molecular flexibility index (Phi) is 3.72. The first-order valence-electron chi connectivity index (χ1n) is 5.76. The highest BCUT2D eigenvalue weighted by Crippen LogP contribution is 2.39. The van der Waals surface area contributed by atoms with E-state index in [2.05, 4.69) is 34.8 Å². The number of likely N-dealkylation sites (N-methyl/N-ethyl adjacent to an activating group) is 1. The van der Waals surface area contributed by atoms with Crippen LogP contribution in [0.4, 0.5) is 0 Å². The van der Waals surface area contributed by atoms with Gasteiger partial charge in [0.15, 0.2) is 0 Å². The molecule has 1 aromatic rings. The molecule has 0 amide bonds. The predicted molar refractivity (Wildman–Crippen MR) is 68.1 cm³/mol. The van der Waals surface area contributed by atoms with Crippen LogP contribution < -0.4 is 5.73 Å². The van der Waals surface area contributed by atoms with Crippen molar-refractivity contribution in [1.29, 1.82) is 0 Å². The molecule has 1 saturated carbocycles. The second-order valence-electron chi connectivity index (χ2n) is 4.80. The topological polar surface area (TPSA) is 42.4 Å². The maximum Gasteiger partial charge on any atom is 0.136 e. The number of hydrogen-bond acceptors (Lipinski definition) is 3. The van der Waals surface area contributed by atoms with Gasteiger partial charge in [0.2, 0.25) is 0 Å². The largest absolute Gasteiger partial charge is 0.466 e. The van der Waals surface area contributed by atoms with E-state index in [-0.39, 0.29) is 6.04 Å². The number of hydrogen-bond donors (Lipinski definition) is 1. The summed E-state index contributed by atoms with van der Waals surface area (Å²) >= 11 is 3.49. The normalized spacial score (nSPS) is 26.1. The number of nitrogens with zero attached hydrogens (tertiary/aromatic N) is 1. The molecule has 1 aliphatic carbocycles. The highest BCUT2D eigenvalue weighted by molar-refractivity contribution is 9.10. The van der Waals surface area contributed by atoms with Gasteiger partial charge in [-0.3, -0.25) is 4.90 Å². The third-order valence-corrected chi connectivity index (χ3v) is 4.16. The summed E-state index contributed by atoms with van der Waals surface area (Å²) in [4.78, 5) is 2.30. The van der Waals surface area contributed by atoms with Gasteiger partial charge in [-0.05, 0) is 47.3 Å². The first kappa shape index (κ1) is 12.1. The van der Waals surface area contributed by atoms with Crippen LogP contribution in [0.3, 0.4) is 0 Å². The average Bonchev–Trinajstić information content (AvgIpc) is 2.74. The number of halogens is 1. The van der Waals surface area contributed by atoms with E-state index in [1.165, 1.54) is 6.42 Å². The molecule has 1 fully saturated rings. The molecule has 0 radical (unpaired) electrons. The lowest BCUT2D eigenvalue weighted by molar-refractivity contribution is 0.209.